The van der Waals surface area contributed by atoms with Crippen LogP contribution < -0.4 is 9.64 Å². The van der Waals surface area contributed by atoms with Gasteiger partial charge in [-0.05, 0) is 38.3 Å². The van der Waals surface area contributed by atoms with Crippen LogP contribution in [0.3, 0.4) is 0 Å². The third kappa shape index (κ3) is 3.89. The summed E-state index contributed by atoms with van der Waals surface area (Å²) in [6.45, 7) is 3.06. The second-order valence-corrected chi connectivity index (χ2v) is 11.4. The SMILES string of the molecule is Fc1c(-n2c3ccccc3c3[nH]ncc32)ncc2c(N3CCC=CCC3)nc(OC[C@@]34CCCN3C[C@H](F)C4)nc12. The summed E-state index contributed by atoms with van der Waals surface area (Å²) in [6, 6.07) is 7.87. The van der Waals surface area contributed by atoms with Crippen LogP contribution in [0.5, 0.6) is 6.01 Å². The molecule has 210 valence electrons. The van der Waals surface area contributed by atoms with E-state index in [-0.39, 0.29) is 29.5 Å². The first-order valence-electron chi connectivity index (χ1n) is 14.3. The molecular weight excluding hydrogens is 526 g/mol. The monoisotopic (exact) mass is 556 g/mol. The summed E-state index contributed by atoms with van der Waals surface area (Å²) in [6.07, 6.45) is 10.8. The Bertz CT molecular complexity index is 1810. The zero-order valence-corrected chi connectivity index (χ0v) is 22.6. The molecule has 8 rings (SSSR count). The number of anilines is 1. The van der Waals surface area contributed by atoms with Gasteiger partial charge in [-0.3, -0.25) is 14.6 Å². The van der Waals surface area contributed by atoms with E-state index in [9.17, 15) is 4.39 Å². The van der Waals surface area contributed by atoms with Crippen molar-refractivity contribution in [1.29, 1.82) is 0 Å². The molecule has 5 aromatic rings. The number of ether oxygens (including phenoxy) is 1. The molecule has 0 radical (unpaired) electrons. The number of benzene rings is 1. The Morgan fingerprint density at radius 2 is 1.85 bits per heavy atom. The van der Waals surface area contributed by atoms with Crippen molar-refractivity contribution in [3.8, 4) is 11.8 Å². The normalized spacial score (nSPS) is 23.2. The molecule has 11 heteroatoms. The van der Waals surface area contributed by atoms with Crippen LogP contribution in [0.2, 0.25) is 0 Å². The molecular formula is C30H30F2N8O. The average Bonchev–Trinajstić information content (AvgIpc) is 3.68. The number of aromatic amines is 1. The minimum Gasteiger partial charge on any atom is -0.461 e. The number of fused-ring (bicyclic) bond motifs is 5. The lowest BCUT2D eigenvalue weighted by Gasteiger charge is -2.31. The Labute approximate surface area is 234 Å². The molecule has 0 amide bonds. The first-order chi connectivity index (χ1) is 20.1. The van der Waals surface area contributed by atoms with Gasteiger partial charge < -0.3 is 9.64 Å². The van der Waals surface area contributed by atoms with E-state index in [2.05, 4.69) is 42.1 Å². The molecule has 3 aliphatic heterocycles. The summed E-state index contributed by atoms with van der Waals surface area (Å²) in [5, 5.41) is 8.68. The highest BCUT2D eigenvalue weighted by Crippen LogP contribution is 2.41. The minimum atomic E-state index is -0.862. The predicted octanol–water partition coefficient (Wildman–Crippen LogP) is 5.10. The molecule has 2 fully saturated rings. The lowest BCUT2D eigenvalue weighted by atomic mass is 9.95. The predicted molar refractivity (Wildman–Crippen MR) is 153 cm³/mol. The van der Waals surface area contributed by atoms with E-state index in [0.717, 1.165) is 67.3 Å². The van der Waals surface area contributed by atoms with Gasteiger partial charge in [0.15, 0.2) is 11.6 Å². The zero-order valence-electron chi connectivity index (χ0n) is 22.6. The van der Waals surface area contributed by atoms with Gasteiger partial charge in [-0.2, -0.15) is 15.1 Å². The smallest absolute Gasteiger partial charge is 0.319 e. The Morgan fingerprint density at radius 3 is 2.73 bits per heavy atom. The minimum absolute atomic E-state index is 0.107. The van der Waals surface area contributed by atoms with Crippen molar-refractivity contribution in [3.63, 3.8) is 0 Å². The summed E-state index contributed by atoms with van der Waals surface area (Å²) >= 11 is 0. The molecule has 7 heterocycles. The van der Waals surface area contributed by atoms with Gasteiger partial charge in [-0.25, -0.2) is 13.8 Å². The van der Waals surface area contributed by atoms with Gasteiger partial charge >= 0.3 is 6.01 Å². The molecule has 1 N–H and O–H groups in total. The molecule has 0 aliphatic carbocycles. The number of nitrogens with one attached hydrogen (secondary N) is 1. The first kappa shape index (κ1) is 24.7. The first-order valence-corrected chi connectivity index (χ1v) is 14.3. The highest BCUT2D eigenvalue weighted by molar-refractivity contribution is 6.07. The van der Waals surface area contributed by atoms with Crippen LogP contribution in [-0.2, 0) is 0 Å². The van der Waals surface area contributed by atoms with Gasteiger partial charge in [0, 0.05) is 37.6 Å². The van der Waals surface area contributed by atoms with E-state index in [1.54, 1.807) is 17.0 Å². The maximum atomic E-state index is 16.7. The van der Waals surface area contributed by atoms with Crippen molar-refractivity contribution >= 4 is 38.7 Å². The van der Waals surface area contributed by atoms with Crippen molar-refractivity contribution in [2.75, 3.05) is 37.7 Å². The van der Waals surface area contributed by atoms with Crippen LogP contribution in [-0.4, -0.2) is 79.1 Å². The van der Waals surface area contributed by atoms with E-state index in [1.165, 1.54) is 0 Å². The Balaban J connectivity index is 1.27. The molecule has 0 saturated carbocycles. The van der Waals surface area contributed by atoms with Crippen molar-refractivity contribution in [3.05, 3.63) is 54.6 Å². The fraction of sp³-hybridized carbons (Fsp3) is 0.400. The third-order valence-corrected chi connectivity index (χ3v) is 8.94. The van der Waals surface area contributed by atoms with Crippen LogP contribution in [0.4, 0.5) is 14.6 Å². The molecule has 9 nitrogen and oxygen atoms in total. The van der Waals surface area contributed by atoms with Gasteiger partial charge in [0.1, 0.15) is 24.1 Å². The maximum Gasteiger partial charge on any atom is 0.319 e. The molecule has 0 spiro atoms. The fourth-order valence-electron chi connectivity index (χ4n) is 7.03. The Kier molecular flexibility index (Phi) is 5.70. The van der Waals surface area contributed by atoms with E-state index in [0.29, 0.717) is 24.2 Å². The van der Waals surface area contributed by atoms with E-state index in [4.69, 9.17) is 9.72 Å². The lowest BCUT2D eigenvalue weighted by molar-refractivity contribution is 0.107. The van der Waals surface area contributed by atoms with Crippen LogP contribution >= 0.6 is 0 Å². The van der Waals surface area contributed by atoms with Gasteiger partial charge in [0.05, 0.1) is 33.7 Å². The summed E-state index contributed by atoms with van der Waals surface area (Å²) in [7, 11) is 0. The highest BCUT2D eigenvalue weighted by Gasteiger charge is 2.49. The molecule has 2 saturated heterocycles. The number of nitrogens with zero attached hydrogens (tertiary/aromatic N) is 7. The molecule has 0 unspecified atom stereocenters. The standard InChI is InChI=1S/C30H30F2N8O/c31-19-14-30(10-7-13-39(30)17-19)18-41-29-35-26-21(27(36-29)38-11-5-1-2-6-12-38)15-33-28(24(26)32)40-22-9-4-3-8-20(22)25-23(40)16-34-37-25/h1-4,8-9,15-16,19H,5-7,10-14,17-18H2,(H,34,37)/t19-,30+/m1/s1. The van der Waals surface area contributed by atoms with Gasteiger partial charge in [-0.1, -0.05) is 30.4 Å². The number of H-pyrrole nitrogens is 1. The molecule has 41 heavy (non-hydrogen) atoms. The Hall–Kier alpha value is -4.12. The van der Waals surface area contributed by atoms with Crippen molar-refractivity contribution in [2.45, 2.75) is 43.8 Å². The number of rotatable bonds is 5. The number of alkyl halides is 1. The number of hydrogen-bond acceptors (Lipinski definition) is 7. The van der Waals surface area contributed by atoms with Crippen LogP contribution in [0.1, 0.15) is 32.1 Å². The summed E-state index contributed by atoms with van der Waals surface area (Å²) in [5.41, 5.74) is 2.15. The van der Waals surface area contributed by atoms with Crippen LogP contribution in [0.25, 0.3) is 38.7 Å². The topological polar surface area (TPSA) is 88.0 Å². The molecule has 1 aromatic carbocycles. The van der Waals surface area contributed by atoms with Crippen molar-refractivity contribution in [2.24, 2.45) is 0 Å². The molecule has 4 aromatic heterocycles. The quantitative estimate of drug-likeness (QED) is 0.302. The van der Waals surface area contributed by atoms with Gasteiger partial charge in [-0.15, -0.1) is 0 Å². The van der Waals surface area contributed by atoms with Gasteiger partial charge in [0.2, 0.25) is 0 Å². The Morgan fingerprint density at radius 1 is 1.00 bits per heavy atom. The zero-order chi connectivity index (χ0) is 27.6. The lowest BCUT2D eigenvalue weighted by Crippen LogP contribution is -2.43. The van der Waals surface area contributed by atoms with Crippen molar-refractivity contribution < 1.29 is 13.5 Å². The van der Waals surface area contributed by atoms with Crippen LogP contribution in [0.15, 0.2) is 48.8 Å². The number of hydrogen-bond donors (Lipinski definition) is 1. The van der Waals surface area contributed by atoms with E-state index < -0.39 is 12.0 Å². The molecule has 2 atom stereocenters. The van der Waals surface area contributed by atoms with Crippen molar-refractivity contribution in [1.82, 2.24) is 34.6 Å². The maximum absolute atomic E-state index is 16.7. The fourth-order valence-corrected chi connectivity index (χ4v) is 7.03. The summed E-state index contributed by atoms with van der Waals surface area (Å²) in [5.74, 6) is 0.182. The average molecular weight is 557 g/mol. The molecule has 0 bridgehead atoms. The van der Waals surface area contributed by atoms with Gasteiger partial charge in [0.25, 0.3) is 0 Å². The second-order valence-electron chi connectivity index (χ2n) is 11.4. The van der Waals surface area contributed by atoms with E-state index in [1.807, 2.05) is 24.3 Å². The van der Waals surface area contributed by atoms with E-state index >= 15 is 4.39 Å². The van der Waals surface area contributed by atoms with Crippen LogP contribution in [0, 0.1) is 5.82 Å². The number of pyridine rings is 1. The summed E-state index contributed by atoms with van der Waals surface area (Å²) < 4.78 is 39.1. The number of para-hydroxylation sites is 1. The second kappa shape index (κ2) is 9.47. The largest absolute Gasteiger partial charge is 0.461 e. The summed E-state index contributed by atoms with van der Waals surface area (Å²) in [4.78, 5) is 18.4. The number of aromatic nitrogens is 6. The third-order valence-electron chi connectivity index (χ3n) is 8.94. The highest BCUT2D eigenvalue weighted by atomic mass is 19.1. The molecule has 3 aliphatic rings. The number of halogens is 2.